The van der Waals surface area contributed by atoms with Gasteiger partial charge in [0.05, 0.1) is 17.3 Å². The highest BCUT2D eigenvalue weighted by atomic mass is 15.3. The first kappa shape index (κ1) is 10.5. The Morgan fingerprint density at radius 1 is 1.37 bits per heavy atom. The highest BCUT2D eigenvalue weighted by Crippen LogP contribution is 2.32. The van der Waals surface area contributed by atoms with Gasteiger partial charge < -0.3 is 5.73 Å². The number of nitrogens with two attached hydrogens (primary N) is 1. The smallest absolute Gasteiger partial charge is 0.186 e. The van der Waals surface area contributed by atoms with Crippen LogP contribution >= 0.6 is 0 Å². The van der Waals surface area contributed by atoms with Gasteiger partial charge in [0.2, 0.25) is 0 Å². The van der Waals surface area contributed by atoms with Crippen LogP contribution < -0.4 is 5.73 Å². The van der Waals surface area contributed by atoms with Crippen molar-refractivity contribution in [1.29, 1.82) is 0 Å². The van der Waals surface area contributed by atoms with Gasteiger partial charge >= 0.3 is 0 Å². The molecule has 3 N–H and O–H groups in total. The monoisotopic (exact) mass is 255 g/mol. The van der Waals surface area contributed by atoms with Crippen LogP contribution in [0.1, 0.15) is 12.8 Å². The van der Waals surface area contributed by atoms with E-state index in [0.717, 1.165) is 29.1 Å². The predicted octanol–water partition coefficient (Wildman–Crippen LogP) is 1.21. The fraction of sp³-hybridized carbons (Fsp3) is 0.333. The number of anilines is 1. The summed E-state index contributed by atoms with van der Waals surface area (Å²) in [6.45, 7) is 0.984. The molecule has 1 aliphatic rings. The van der Waals surface area contributed by atoms with Gasteiger partial charge in [0, 0.05) is 18.3 Å². The zero-order valence-corrected chi connectivity index (χ0v) is 10.2. The van der Waals surface area contributed by atoms with Gasteiger partial charge in [-0.3, -0.25) is 9.78 Å². The summed E-state index contributed by atoms with van der Waals surface area (Å²) in [6, 6.07) is 0. The number of nitrogens with one attached hydrogen (secondary N) is 1. The van der Waals surface area contributed by atoms with E-state index < -0.39 is 0 Å². The lowest BCUT2D eigenvalue weighted by molar-refractivity contribution is 0.563. The van der Waals surface area contributed by atoms with Crippen LogP contribution in [0.25, 0.3) is 22.3 Å². The highest BCUT2D eigenvalue weighted by Gasteiger charge is 2.22. The minimum absolute atomic E-state index is 0.434. The van der Waals surface area contributed by atoms with E-state index in [9.17, 15) is 0 Å². The van der Waals surface area contributed by atoms with Gasteiger partial charge in [-0.1, -0.05) is 0 Å². The normalized spacial score (nSPS) is 15.2. The van der Waals surface area contributed by atoms with Crippen LogP contribution in [0.15, 0.2) is 18.7 Å². The molecule has 96 valence electrons. The van der Waals surface area contributed by atoms with Gasteiger partial charge in [0.1, 0.15) is 12.1 Å². The van der Waals surface area contributed by atoms with E-state index >= 15 is 0 Å². The molecule has 3 heterocycles. The Morgan fingerprint density at radius 3 is 3.11 bits per heavy atom. The van der Waals surface area contributed by atoms with Crippen molar-refractivity contribution in [1.82, 2.24) is 29.9 Å². The van der Waals surface area contributed by atoms with E-state index in [1.165, 1.54) is 19.2 Å². The number of rotatable bonds is 3. The molecule has 3 aromatic heterocycles. The van der Waals surface area contributed by atoms with Gasteiger partial charge in [-0.05, 0) is 18.8 Å². The third-order valence-electron chi connectivity index (χ3n) is 3.44. The molecule has 0 unspecified atom stereocenters. The Hall–Kier alpha value is -2.44. The van der Waals surface area contributed by atoms with Crippen molar-refractivity contribution in [2.45, 2.75) is 19.4 Å². The molecular formula is C12H13N7. The third kappa shape index (κ3) is 1.74. The first-order chi connectivity index (χ1) is 9.31. The first-order valence-electron chi connectivity index (χ1n) is 6.28. The molecule has 0 saturated heterocycles. The van der Waals surface area contributed by atoms with Crippen LogP contribution in [0.4, 0.5) is 5.82 Å². The number of hydrogen-bond donors (Lipinski definition) is 2. The molecule has 0 aliphatic heterocycles. The molecule has 0 bridgehead atoms. The Balaban J connectivity index is 1.78. The standard InChI is InChI=1S/C12H13N7/c13-11-9-10(17-18-12(9)15-6-14-11)8-3-16-19(5-8)4-7-1-2-7/h3,5-7H,1-2,4H2,(H3,13,14,15,17,18). The average molecular weight is 255 g/mol. The van der Waals surface area contributed by atoms with Crippen LogP contribution in [0.2, 0.25) is 0 Å². The molecule has 0 amide bonds. The van der Waals surface area contributed by atoms with E-state index in [4.69, 9.17) is 5.73 Å². The van der Waals surface area contributed by atoms with E-state index in [1.54, 1.807) is 0 Å². The van der Waals surface area contributed by atoms with Crippen LogP contribution in [0.5, 0.6) is 0 Å². The summed E-state index contributed by atoms with van der Waals surface area (Å²) in [4.78, 5) is 8.10. The predicted molar refractivity (Wildman–Crippen MR) is 70.0 cm³/mol. The van der Waals surface area contributed by atoms with Gasteiger partial charge in [-0.15, -0.1) is 0 Å². The molecule has 4 rings (SSSR count). The van der Waals surface area contributed by atoms with E-state index in [2.05, 4.69) is 25.3 Å². The number of nitrogen functional groups attached to an aromatic ring is 1. The molecule has 0 aromatic carbocycles. The minimum Gasteiger partial charge on any atom is -0.383 e. The van der Waals surface area contributed by atoms with Gasteiger partial charge in [-0.2, -0.15) is 10.2 Å². The van der Waals surface area contributed by atoms with Crippen molar-refractivity contribution >= 4 is 16.9 Å². The number of fused-ring (bicyclic) bond motifs is 1. The summed E-state index contributed by atoms with van der Waals surface area (Å²) >= 11 is 0. The largest absolute Gasteiger partial charge is 0.383 e. The Labute approximate surface area is 108 Å². The van der Waals surface area contributed by atoms with Crippen LogP contribution in [0.3, 0.4) is 0 Å². The molecule has 7 nitrogen and oxygen atoms in total. The lowest BCUT2D eigenvalue weighted by Crippen LogP contribution is -1.99. The SMILES string of the molecule is Nc1ncnc2n[nH]c(-c3cnn(CC4CC4)c3)c12. The Bertz CT molecular complexity index is 737. The number of aromatic nitrogens is 6. The number of aromatic amines is 1. The molecular weight excluding hydrogens is 242 g/mol. The quantitative estimate of drug-likeness (QED) is 0.733. The second-order valence-electron chi connectivity index (χ2n) is 4.95. The first-order valence-corrected chi connectivity index (χ1v) is 6.28. The maximum Gasteiger partial charge on any atom is 0.186 e. The zero-order valence-electron chi connectivity index (χ0n) is 10.2. The summed E-state index contributed by atoms with van der Waals surface area (Å²) in [5.41, 5.74) is 8.27. The summed E-state index contributed by atoms with van der Waals surface area (Å²) in [5.74, 6) is 1.23. The highest BCUT2D eigenvalue weighted by molar-refractivity contribution is 5.97. The van der Waals surface area contributed by atoms with Crippen molar-refractivity contribution in [3.63, 3.8) is 0 Å². The number of hydrogen-bond acceptors (Lipinski definition) is 5. The van der Waals surface area contributed by atoms with E-state index in [1.807, 2.05) is 17.1 Å². The van der Waals surface area contributed by atoms with Crippen molar-refractivity contribution in [2.75, 3.05) is 5.73 Å². The molecule has 1 saturated carbocycles. The zero-order chi connectivity index (χ0) is 12.8. The average Bonchev–Trinajstić information content (AvgIpc) is 2.91. The van der Waals surface area contributed by atoms with Crippen LogP contribution in [0, 0.1) is 5.92 Å². The lowest BCUT2D eigenvalue weighted by atomic mass is 10.2. The molecule has 0 atom stereocenters. The molecule has 1 aliphatic carbocycles. The van der Waals surface area contributed by atoms with E-state index in [0.29, 0.717) is 11.5 Å². The van der Waals surface area contributed by atoms with Crippen molar-refractivity contribution in [2.24, 2.45) is 5.92 Å². The summed E-state index contributed by atoms with van der Waals surface area (Å²) in [5, 5.41) is 12.2. The van der Waals surface area contributed by atoms with Crippen molar-refractivity contribution < 1.29 is 0 Å². The minimum atomic E-state index is 0.434. The summed E-state index contributed by atoms with van der Waals surface area (Å²) < 4.78 is 1.97. The fourth-order valence-electron chi connectivity index (χ4n) is 2.25. The second-order valence-corrected chi connectivity index (χ2v) is 4.95. The molecule has 1 fully saturated rings. The fourth-order valence-corrected chi connectivity index (χ4v) is 2.25. The lowest BCUT2D eigenvalue weighted by Gasteiger charge is -1.97. The van der Waals surface area contributed by atoms with Gasteiger partial charge in [0.15, 0.2) is 5.65 Å². The topological polar surface area (TPSA) is 98.3 Å². The van der Waals surface area contributed by atoms with Crippen molar-refractivity contribution in [3.8, 4) is 11.3 Å². The number of H-pyrrole nitrogens is 1. The molecule has 3 aromatic rings. The van der Waals surface area contributed by atoms with Gasteiger partial charge in [-0.25, -0.2) is 9.97 Å². The maximum atomic E-state index is 5.90. The molecule has 19 heavy (non-hydrogen) atoms. The Morgan fingerprint density at radius 2 is 2.26 bits per heavy atom. The maximum absolute atomic E-state index is 5.90. The molecule has 0 radical (unpaired) electrons. The third-order valence-corrected chi connectivity index (χ3v) is 3.44. The number of nitrogens with zero attached hydrogens (tertiary/aromatic N) is 5. The molecule has 0 spiro atoms. The Kier molecular flexibility index (Phi) is 2.08. The van der Waals surface area contributed by atoms with Crippen LogP contribution in [-0.4, -0.2) is 29.9 Å². The van der Waals surface area contributed by atoms with Crippen LogP contribution in [-0.2, 0) is 6.54 Å². The molecule has 7 heteroatoms. The summed E-state index contributed by atoms with van der Waals surface area (Å²) in [7, 11) is 0. The van der Waals surface area contributed by atoms with Gasteiger partial charge in [0.25, 0.3) is 0 Å². The second kappa shape index (κ2) is 3.78. The van der Waals surface area contributed by atoms with E-state index in [-0.39, 0.29) is 0 Å². The van der Waals surface area contributed by atoms with Crippen molar-refractivity contribution in [3.05, 3.63) is 18.7 Å². The summed E-state index contributed by atoms with van der Waals surface area (Å²) in [6.07, 6.45) is 7.87.